The summed E-state index contributed by atoms with van der Waals surface area (Å²) >= 11 is 12.0. The second-order valence-electron chi connectivity index (χ2n) is 3.58. The van der Waals surface area contributed by atoms with E-state index in [-0.39, 0.29) is 6.61 Å². The maximum absolute atomic E-state index is 8.51. The molecule has 0 saturated heterocycles. The molecule has 0 fully saturated rings. The van der Waals surface area contributed by atoms with Crippen LogP contribution in [0, 0.1) is 0 Å². The number of aliphatic hydroxyl groups is 1. The number of nitrogens with one attached hydrogen (secondary N) is 1. The zero-order valence-corrected chi connectivity index (χ0v) is 11.1. The summed E-state index contributed by atoms with van der Waals surface area (Å²) in [6.45, 7) is 2.66. The molecule has 0 saturated carbocycles. The Bertz CT molecular complexity index is 334. The van der Waals surface area contributed by atoms with Gasteiger partial charge in [0.15, 0.2) is 0 Å². The van der Waals surface area contributed by atoms with E-state index in [9.17, 15) is 0 Å². The smallest absolute Gasteiger partial charge is 0.0697 e. The van der Waals surface area contributed by atoms with E-state index >= 15 is 0 Å². The van der Waals surface area contributed by atoms with E-state index in [4.69, 9.17) is 33.0 Å². The van der Waals surface area contributed by atoms with Crippen LogP contribution in [0.5, 0.6) is 0 Å². The van der Waals surface area contributed by atoms with Crippen molar-refractivity contribution in [1.29, 1.82) is 0 Å². The Morgan fingerprint density at radius 3 is 2.82 bits per heavy atom. The summed E-state index contributed by atoms with van der Waals surface area (Å²) in [7, 11) is 0. The topological polar surface area (TPSA) is 41.5 Å². The molecule has 17 heavy (non-hydrogen) atoms. The zero-order valence-electron chi connectivity index (χ0n) is 9.59. The Balaban J connectivity index is 2.16. The molecule has 0 amide bonds. The van der Waals surface area contributed by atoms with Crippen LogP contribution >= 0.6 is 23.2 Å². The molecule has 3 nitrogen and oxygen atoms in total. The number of halogens is 2. The van der Waals surface area contributed by atoms with E-state index in [1.807, 2.05) is 12.1 Å². The summed E-state index contributed by atoms with van der Waals surface area (Å²) in [6, 6.07) is 5.61. The summed E-state index contributed by atoms with van der Waals surface area (Å²) in [6.07, 6.45) is 0.901. The van der Waals surface area contributed by atoms with Gasteiger partial charge in [-0.1, -0.05) is 35.3 Å². The lowest BCUT2D eigenvalue weighted by atomic mass is 10.2. The molecular weight excluding hydrogens is 261 g/mol. The highest BCUT2D eigenvalue weighted by molar-refractivity contribution is 6.42. The minimum absolute atomic E-state index is 0.0750. The lowest BCUT2D eigenvalue weighted by Gasteiger charge is -2.07. The first-order valence-electron chi connectivity index (χ1n) is 5.58. The molecule has 0 aliphatic carbocycles. The molecule has 0 aliphatic heterocycles. The van der Waals surface area contributed by atoms with Crippen molar-refractivity contribution in [3.05, 3.63) is 33.8 Å². The van der Waals surface area contributed by atoms with Crippen molar-refractivity contribution in [2.75, 3.05) is 26.4 Å². The van der Waals surface area contributed by atoms with Crippen LogP contribution in [0.15, 0.2) is 18.2 Å². The summed E-state index contributed by atoms with van der Waals surface area (Å²) in [4.78, 5) is 0. The lowest BCUT2D eigenvalue weighted by Crippen LogP contribution is -2.17. The summed E-state index contributed by atoms with van der Waals surface area (Å²) in [5.41, 5.74) is 0.996. The van der Waals surface area contributed by atoms with Crippen molar-refractivity contribution in [2.45, 2.75) is 13.0 Å². The molecule has 0 bridgehead atoms. The standard InChI is InChI=1S/C12H17Cl2NO2/c13-11-4-1-3-10(12(11)14)9-15-5-2-7-17-8-6-16/h1,3-4,15-16H,2,5-9H2. The monoisotopic (exact) mass is 277 g/mol. The van der Waals surface area contributed by atoms with Gasteiger partial charge < -0.3 is 15.2 Å². The molecule has 96 valence electrons. The average molecular weight is 278 g/mol. The normalized spacial score (nSPS) is 10.8. The Morgan fingerprint density at radius 2 is 2.06 bits per heavy atom. The molecule has 0 heterocycles. The molecule has 1 aromatic carbocycles. The fraction of sp³-hybridized carbons (Fsp3) is 0.500. The van der Waals surface area contributed by atoms with Crippen molar-refractivity contribution in [2.24, 2.45) is 0 Å². The fourth-order valence-electron chi connectivity index (χ4n) is 1.37. The van der Waals surface area contributed by atoms with Gasteiger partial charge in [0.2, 0.25) is 0 Å². The third-order valence-corrected chi connectivity index (χ3v) is 3.08. The van der Waals surface area contributed by atoms with Gasteiger partial charge in [-0.25, -0.2) is 0 Å². The number of benzene rings is 1. The zero-order chi connectivity index (χ0) is 12.5. The van der Waals surface area contributed by atoms with E-state index in [1.165, 1.54) is 0 Å². The molecule has 0 aromatic heterocycles. The summed E-state index contributed by atoms with van der Waals surface area (Å²) in [5, 5.41) is 13.0. The van der Waals surface area contributed by atoms with Crippen LogP contribution in [0.3, 0.4) is 0 Å². The SMILES string of the molecule is OCCOCCCNCc1cccc(Cl)c1Cl. The number of aliphatic hydroxyl groups excluding tert-OH is 1. The van der Waals surface area contributed by atoms with Gasteiger partial charge in [0, 0.05) is 13.2 Å². The van der Waals surface area contributed by atoms with Crippen LogP contribution in [0.4, 0.5) is 0 Å². The molecule has 1 rings (SSSR count). The Hall–Kier alpha value is -0.320. The molecule has 0 spiro atoms. The van der Waals surface area contributed by atoms with Crippen molar-refractivity contribution in [1.82, 2.24) is 5.32 Å². The van der Waals surface area contributed by atoms with E-state index in [1.54, 1.807) is 6.07 Å². The first-order chi connectivity index (χ1) is 8.25. The van der Waals surface area contributed by atoms with E-state index in [0.717, 1.165) is 18.5 Å². The highest BCUT2D eigenvalue weighted by Crippen LogP contribution is 2.25. The first-order valence-corrected chi connectivity index (χ1v) is 6.33. The van der Waals surface area contributed by atoms with E-state index in [0.29, 0.717) is 29.8 Å². The average Bonchev–Trinajstić information content (AvgIpc) is 2.33. The third kappa shape index (κ3) is 5.70. The van der Waals surface area contributed by atoms with Gasteiger partial charge in [0.1, 0.15) is 0 Å². The number of rotatable bonds is 8. The molecule has 0 atom stereocenters. The van der Waals surface area contributed by atoms with Crippen molar-refractivity contribution in [3.63, 3.8) is 0 Å². The second-order valence-corrected chi connectivity index (χ2v) is 4.36. The summed E-state index contributed by atoms with van der Waals surface area (Å²) < 4.78 is 5.14. The number of ether oxygens (including phenoxy) is 1. The predicted molar refractivity (Wildman–Crippen MR) is 70.7 cm³/mol. The minimum Gasteiger partial charge on any atom is -0.394 e. The highest BCUT2D eigenvalue weighted by Gasteiger charge is 2.02. The second kappa shape index (κ2) is 8.72. The molecule has 0 radical (unpaired) electrons. The number of hydrogen-bond donors (Lipinski definition) is 2. The van der Waals surface area contributed by atoms with Crippen LogP contribution in [-0.4, -0.2) is 31.5 Å². The minimum atomic E-state index is 0.0750. The van der Waals surface area contributed by atoms with Crippen LogP contribution in [0.1, 0.15) is 12.0 Å². The quantitative estimate of drug-likeness (QED) is 0.718. The van der Waals surface area contributed by atoms with Crippen molar-refractivity contribution < 1.29 is 9.84 Å². The molecular formula is C12H17Cl2NO2. The van der Waals surface area contributed by atoms with Gasteiger partial charge in [-0.05, 0) is 24.6 Å². The van der Waals surface area contributed by atoms with Crippen molar-refractivity contribution in [3.8, 4) is 0 Å². The van der Waals surface area contributed by atoms with Crippen molar-refractivity contribution >= 4 is 23.2 Å². The third-order valence-electron chi connectivity index (χ3n) is 2.22. The molecule has 2 N–H and O–H groups in total. The van der Waals surface area contributed by atoms with Crippen LogP contribution in [0.25, 0.3) is 0 Å². The molecule has 0 unspecified atom stereocenters. The number of hydrogen-bond acceptors (Lipinski definition) is 3. The molecule has 5 heteroatoms. The Kier molecular flexibility index (Phi) is 7.56. The maximum atomic E-state index is 8.51. The van der Waals surface area contributed by atoms with Crippen LogP contribution < -0.4 is 5.32 Å². The molecule has 0 aliphatic rings. The highest BCUT2D eigenvalue weighted by atomic mass is 35.5. The summed E-state index contributed by atoms with van der Waals surface area (Å²) in [5.74, 6) is 0. The van der Waals surface area contributed by atoms with Gasteiger partial charge in [0.05, 0.1) is 23.3 Å². The lowest BCUT2D eigenvalue weighted by molar-refractivity contribution is 0.0907. The molecule has 1 aromatic rings. The largest absolute Gasteiger partial charge is 0.394 e. The predicted octanol–water partition coefficient (Wildman–Crippen LogP) is 2.48. The Morgan fingerprint density at radius 1 is 1.24 bits per heavy atom. The van der Waals surface area contributed by atoms with Gasteiger partial charge in [-0.2, -0.15) is 0 Å². The van der Waals surface area contributed by atoms with E-state index in [2.05, 4.69) is 5.32 Å². The van der Waals surface area contributed by atoms with Gasteiger partial charge in [-0.15, -0.1) is 0 Å². The van der Waals surface area contributed by atoms with Gasteiger partial charge in [-0.3, -0.25) is 0 Å². The van der Waals surface area contributed by atoms with Crippen LogP contribution in [0.2, 0.25) is 10.0 Å². The Labute approximate surface area is 112 Å². The van der Waals surface area contributed by atoms with Crippen LogP contribution in [-0.2, 0) is 11.3 Å². The van der Waals surface area contributed by atoms with Gasteiger partial charge >= 0.3 is 0 Å². The fourth-order valence-corrected chi connectivity index (χ4v) is 1.76. The maximum Gasteiger partial charge on any atom is 0.0697 e. The first kappa shape index (κ1) is 14.7. The van der Waals surface area contributed by atoms with Gasteiger partial charge in [0.25, 0.3) is 0 Å². The van der Waals surface area contributed by atoms with E-state index < -0.39 is 0 Å².